The van der Waals surface area contributed by atoms with Crippen LogP contribution < -0.4 is 10.6 Å². The SMILES string of the molecule is CCc1ccccc1NC(=O)c1ccc(C(=O)Nc2ccc(F)c(F)c2F)cc1. The molecule has 0 bridgehead atoms. The molecule has 0 aliphatic carbocycles. The van der Waals surface area contributed by atoms with E-state index in [9.17, 15) is 22.8 Å². The Kier molecular flexibility index (Phi) is 5.97. The number of hydrogen-bond acceptors (Lipinski definition) is 2. The first-order valence-electron chi connectivity index (χ1n) is 8.85. The molecule has 0 heterocycles. The van der Waals surface area contributed by atoms with Crippen molar-refractivity contribution in [3.8, 4) is 0 Å². The van der Waals surface area contributed by atoms with Gasteiger partial charge in [0.05, 0.1) is 5.69 Å². The molecule has 2 N–H and O–H groups in total. The molecule has 29 heavy (non-hydrogen) atoms. The fourth-order valence-electron chi connectivity index (χ4n) is 2.73. The van der Waals surface area contributed by atoms with Gasteiger partial charge in [0, 0.05) is 16.8 Å². The van der Waals surface area contributed by atoms with E-state index in [1.54, 1.807) is 6.07 Å². The lowest BCUT2D eigenvalue weighted by Crippen LogP contribution is -2.16. The number of halogens is 3. The summed E-state index contributed by atoms with van der Waals surface area (Å²) in [6.45, 7) is 1.98. The average Bonchev–Trinajstić information content (AvgIpc) is 2.74. The maximum atomic E-state index is 13.7. The van der Waals surface area contributed by atoms with Gasteiger partial charge in [0.1, 0.15) is 0 Å². The maximum Gasteiger partial charge on any atom is 0.255 e. The van der Waals surface area contributed by atoms with Crippen molar-refractivity contribution in [2.45, 2.75) is 13.3 Å². The molecule has 3 aromatic carbocycles. The zero-order valence-electron chi connectivity index (χ0n) is 15.4. The maximum absolute atomic E-state index is 13.7. The molecule has 2 amide bonds. The third-order valence-corrected chi connectivity index (χ3v) is 4.34. The molecule has 7 heteroatoms. The highest BCUT2D eigenvalue weighted by Crippen LogP contribution is 2.21. The number of para-hydroxylation sites is 1. The zero-order valence-corrected chi connectivity index (χ0v) is 15.4. The summed E-state index contributed by atoms with van der Waals surface area (Å²) in [4.78, 5) is 24.7. The minimum atomic E-state index is -1.66. The highest BCUT2D eigenvalue weighted by atomic mass is 19.2. The van der Waals surface area contributed by atoms with Crippen molar-refractivity contribution in [2.75, 3.05) is 10.6 Å². The third kappa shape index (κ3) is 4.45. The van der Waals surface area contributed by atoms with Gasteiger partial charge < -0.3 is 10.6 Å². The predicted molar refractivity (Wildman–Crippen MR) is 104 cm³/mol. The molecular formula is C22H17F3N2O2. The monoisotopic (exact) mass is 398 g/mol. The standard InChI is InChI=1S/C22H17F3N2O2/c1-2-13-5-3-4-6-17(13)26-21(28)14-7-9-15(10-8-14)22(29)27-18-12-11-16(23)19(24)20(18)25/h3-12H,2H2,1H3,(H,26,28)(H,27,29). The smallest absolute Gasteiger partial charge is 0.255 e. The van der Waals surface area contributed by atoms with Crippen LogP contribution in [-0.4, -0.2) is 11.8 Å². The van der Waals surface area contributed by atoms with Crippen LogP contribution in [0.3, 0.4) is 0 Å². The first-order chi connectivity index (χ1) is 13.9. The first-order valence-corrected chi connectivity index (χ1v) is 8.85. The minimum absolute atomic E-state index is 0.125. The number of carbonyl (C=O) groups is 2. The van der Waals surface area contributed by atoms with E-state index in [0.29, 0.717) is 11.3 Å². The largest absolute Gasteiger partial charge is 0.322 e. The van der Waals surface area contributed by atoms with Crippen LogP contribution in [0.4, 0.5) is 24.5 Å². The number of nitrogens with one attached hydrogen (secondary N) is 2. The number of rotatable bonds is 5. The van der Waals surface area contributed by atoms with Gasteiger partial charge in [0.15, 0.2) is 17.5 Å². The summed E-state index contributed by atoms with van der Waals surface area (Å²) in [5, 5.41) is 5.00. The van der Waals surface area contributed by atoms with Crippen molar-refractivity contribution in [2.24, 2.45) is 0 Å². The molecule has 0 aliphatic rings. The van der Waals surface area contributed by atoms with Crippen LogP contribution in [-0.2, 0) is 6.42 Å². The molecule has 0 saturated heterocycles. The molecule has 4 nitrogen and oxygen atoms in total. The molecule has 0 aliphatic heterocycles. The highest BCUT2D eigenvalue weighted by Gasteiger charge is 2.16. The van der Waals surface area contributed by atoms with Crippen LogP contribution in [0.1, 0.15) is 33.2 Å². The van der Waals surface area contributed by atoms with Crippen LogP contribution in [0.2, 0.25) is 0 Å². The Labute approximate surface area is 165 Å². The van der Waals surface area contributed by atoms with E-state index in [2.05, 4.69) is 10.6 Å². The number of amides is 2. The Morgan fingerprint density at radius 2 is 1.28 bits per heavy atom. The van der Waals surface area contributed by atoms with E-state index in [-0.39, 0.29) is 11.5 Å². The first kappa shape index (κ1) is 20.1. The average molecular weight is 398 g/mol. The fourth-order valence-corrected chi connectivity index (χ4v) is 2.73. The van der Waals surface area contributed by atoms with Crippen LogP contribution >= 0.6 is 0 Å². The number of aryl methyl sites for hydroxylation is 1. The van der Waals surface area contributed by atoms with Gasteiger partial charge in [-0.2, -0.15) is 0 Å². The van der Waals surface area contributed by atoms with E-state index in [0.717, 1.165) is 24.1 Å². The van der Waals surface area contributed by atoms with Crippen molar-refractivity contribution >= 4 is 23.2 Å². The molecule has 3 aromatic rings. The van der Waals surface area contributed by atoms with Crippen molar-refractivity contribution in [3.05, 3.63) is 94.8 Å². The van der Waals surface area contributed by atoms with Crippen molar-refractivity contribution < 1.29 is 22.8 Å². The summed E-state index contributed by atoms with van der Waals surface area (Å²) in [5.41, 5.74) is 1.67. The Bertz CT molecular complexity index is 1070. The zero-order chi connectivity index (χ0) is 21.0. The third-order valence-electron chi connectivity index (χ3n) is 4.34. The van der Waals surface area contributed by atoms with Crippen molar-refractivity contribution in [1.29, 1.82) is 0 Å². The van der Waals surface area contributed by atoms with Crippen LogP contribution in [0.15, 0.2) is 60.7 Å². The second-order valence-electron chi connectivity index (χ2n) is 6.22. The van der Waals surface area contributed by atoms with E-state index in [1.165, 1.54) is 24.3 Å². The summed E-state index contributed by atoms with van der Waals surface area (Å²) in [7, 11) is 0. The van der Waals surface area contributed by atoms with Crippen molar-refractivity contribution in [3.63, 3.8) is 0 Å². The lowest BCUT2D eigenvalue weighted by atomic mass is 10.1. The van der Waals surface area contributed by atoms with Crippen LogP contribution in [0.25, 0.3) is 0 Å². The van der Waals surface area contributed by atoms with Gasteiger partial charge in [-0.05, 0) is 54.4 Å². The topological polar surface area (TPSA) is 58.2 Å². The summed E-state index contributed by atoms with van der Waals surface area (Å²) in [5.74, 6) is -5.56. The predicted octanol–water partition coefficient (Wildman–Crippen LogP) is 5.17. The van der Waals surface area contributed by atoms with Crippen LogP contribution in [0, 0.1) is 17.5 Å². The van der Waals surface area contributed by atoms with E-state index < -0.39 is 29.0 Å². The minimum Gasteiger partial charge on any atom is -0.322 e. The number of carbonyl (C=O) groups excluding carboxylic acids is 2. The second-order valence-corrected chi connectivity index (χ2v) is 6.22. The molecule has 148 valence electrons. The Hall–Kier alpha value is -3.61. The van der Waals surface area contributed by atoms with E-state index in [4.69, 9.17) is 0 Å². The molecular weight excluding hydrogens is 381 g/mol. The van der Waals surface area contributed by atoms with Gasteiger partial charge >= 0.3 is 0 Å². The Balaban J connectivity index is 1.72. The molecule has 0 unspecified atom stereocenters. The summed E-state index contributed by atoms with van der Waals surface area (Å²) < 4.78 is 39.9. The highest BCUT2D eigenvalue weighted by molar-refractivity contribution is 6.07. The molecule has 0 saturated carbocycles. The summed E-state index contributed by atoms with van der Waals surface area (Å²) in [6.07, 6.45) is 0.760. The van der Waals surface area contributed by atoms with Gasteiger partial charge in [-0.25, -0.2) is 13.2 Å². The van der Waals surface area contributed by atoms with Crippen LogP contribution in [0.5, 0.6) is 0 Å². The van der Waals surface area contributed by atoms with Gasteiger partial charge in [0.2, 0.25) is 0 Å². The number of benzene rings is 3. The molecule has 0 atom stereocenters. The molecule has 0 spiro atoms. The Morgan fingerprint density at radius 1 is 0.724 bits per heavy atom. The lowest BCUT2D eigenvalue weighted by Gasteiger charge is -2.10. The lowest BCUT2D eigenvalue weighted by molar-refractivity contribution is 0.101. The van der Waals surface area contributed by atoms with Crippen molar-refractivity contribution in [1.82, 2.24) is 0 Å². The fraction of sp³-hybridized carbons (Fsp3) is 0.0909. The quantitative estimate of drug-likeness (QED) is 0.583. The van der Waals surface area contributed by atoms with Gasteiger partial charge in [-0.15, -0.1) is 0 Å². The van der Waals surface area contributed by atoms with E-state index in [1.807, 2.05) is 25.1 Å². The van der Waals surface area contributed by atoms with Gasteiger partial charge in [-0.1, -0.05) is 25.1 Å². The summed E-state index contributed by atoms with van der Waals surface area (Å²) >= 11 is 0. The normalized spacial score (nSPS) is 10.5. The van der Waals surface area contributed by atoms with Gasteiger partial charge in [0.25, 0.3) is 11.8 Å². The summed E-state index contributed by atoms with van der Waals surface area (Å²) in [6, 6.07) is 14.7. The number of hydrogen-bond donors (Lipinski definition) is 2. The van der Waals surface area contributed by atoms with Gasteiger partial charge in [-0.3, -0.25) is 9.59 Å². The van der Waals surface area contributed by atoms with E-state index >= 15 is 0 Å². The molecule has 0 aromatic heterocycles. The molecule has 3 rings (SSSR count). The molecule has 0 fully saturated rings. The molecule has 0 radical (unpaired) electrons. The second kappa shape index (κ2) is 8.60. The number of anilines is 2. The Morgan fingerprint density at radius 3 is 1.86 bits per heavy atom.